The van der Waals surface area contributed by atoms with Crippen LogP contribution in [0.5, 0.6) is 0 Å². The zero-order valence-corrected chi connectivity index (χ0v) is 13.2. The van der Waals surface area contributed by atoms with Crippen molar-refractivity contribution >= 4 is 23.4 Å². The van der Waals surface area contributed by atoms with Gasteiger partial charge >= 0.3 is 0 Å². The number of fused-ring (bicyclic) bond motifs is 1. The molecule has 0 amide bonds. The molecule has 2 aromatic rings. The molecule has 0 saturated carbocycles. The number of hydrogen-bond acceptors (Lipinski definition) is 4. The Morgan fingerprint density at radius 3 is 3.10 bits per heavy atom. The largest absolute Gasteiger partial charge is 0.316 e. The first-order valence-corrected chi connectivity index (χ1v) is 7.47. The van der Waals surface area contributed by atoms with Gasteiger partial charge in [0, 0.05) is 36.9 Å². The molecule has 1 spiro atoms. The van der Waals surface area contributed by atoms with E-state index in [0.717, 1.165) is 23.3 Å². The van der Waals surface area contributed by atoms with Crippen molar-refractivity contribution in [1.29, 1.82) is 0 Å². The topological polar surface area (TPSA) is 56.8 Å². The molecule has 0 radical (unpaired) electrons. The zero-order valence-electron chi connectivity index (χ0n) is 12.4. The Hall–Kier alpha value is -1.17. The third kappa shape index (κ3) is 2.65. The highest BCUT2D eigenvalue weighted by molar-refractivity contribution is 5.85. The lowest BCUT2D eigenvalue weighted by molar-refractivity contribution is 0.268. The minimum atomic E-state index is 0. The van der Waals surface area contributed by atoms with Gasteiger partial charge in [0.1, 0.15) is 0 Å². The number of nitrogens with one attached hydrogen (secondary N) is 2. The smallest absolute Gasteiger partial charge is 0.181 e. The molecule has 1 unspecified atom stereocenters. The van der Waals surface area contributed by atoms with Gasteiger partial charge in [-0.1, -0.05) is 0 Å². The van der Waals surface area contributed by atoms with Crippen molar-refractivity contribution in [3.63, 3.8) is 0 Å². The first-order chi connectivity index (χ1) is 9.74. The van der Waals surface area contributed by atoms with Crippen LogP contribution in [0.25, 0.3) is 11.0 Å². The lowest BCUT2D eigenvalue weighted by Crippen LogP contribution is -2.28. The van der Waals surface area contributed by atoms with Crippen molar-refractivity contribution in [3.05, 3.63) is 23.5 Å². The molecule has 2 N–H and O–H groups in total. The monoisotopic (exact) mass is 307 g/mol. The molecule has 4 heterocycles. The van der Waals surface area contributed by atoms with Gasteiger partial charge in [0.15, 0.2) is 5.65 Å². The summed E-state index contributed by atoms with van der Waals surface area (Å²) in [6.07, 6.45) is 4.64. The number of halogens is 1. The Labute approximate surface area is 130 Å². The standard InChI is InChI=1S/C15H21N5.ClH/c1-11-13-6-12(7-17-14(13)19-18-11)8-20-5-3-15(10-20)2-4-16-9-15;/h6-7,16H,2-5,8-10H2,1H3,(H,17,18,19);1H. The highest BCUT2D eigenvalue weighted by atomic mass is 35.5. The molecule has 0 aromatic carbocycles. The van der Waals surface area contributed by atoms with Gasteiger partial charge in [-0.25, -0.2) is 4.98 Å². The van der Waals surface area contributed by atoms with Crippen LogP contribution in [0, 0.1) is 12.3 Å². The molecule has 2 aromatic heterocycles. The average molecular weight is 308 g/mol. The van der Waals surface area contributed by atoms with Gasteiger partial charge in [0.25, 0.3) is 0 Å². The second-order valence-corrected chi connectivity index (χ2v) is 6.45. The summed E-state index contributed by atoms with van der Waals surface area (Å²) in [7, 11) is 0. The van der Waals surface area contributed by atoms with Gasteiger partial charge < -0.3 is 5.32 Å². The van der Waals surface area contributed by atoms with E-state index < -0.39 is 0 Å². The normalized spacial score (nSPS) is 25.8. The van der Waals surface area contributed by atoms with Crippen LogP contribution < -0.4 is 5.32 Å². The van der Waals surface area contributed by atoms with E-state index in [1.807, 2.05) is 6.20 Å². The summed E-state index contributed by atoms with van der Waals surface area (Å²) < 4.78 is 0. The number of H-pyrrole nitrogens is 1. The fourth-order valence-corrected chi connectivity index (χ4v) is 3.71. The van der Waals surface area contributed by atoms with Crippen LogP contribution >= 0.6 is 12.4 Å². The molecule has 0 bridgehead atoms. The molecule has 2 aliphatic rings. The van der Waals surface area contributed by atoms with Crippen molar-refractivity contribution in [3.8, 4) is 0 Å². The third-order valence-corrected chi connectivity index (χ3v) is 4.91. The van der Waals surface area contributed by atoms with Crippen LogP contribution in [-0.4, -0.2) is 46.3 Å². The maximum Gasteiger partial charge on any atom is 0.181 e. The fraction of sp³-hybridized carbons (Fsp3) is 0.600. The summed E-state index contributed by atoms with van der Waals surface area (Å²) in [5.74, 6) is 0. The summed E-state index contributed by atoms with van der Waals surface area (Å²) in [5, 5.41) is 11.9. The Morgan fingerprint density at radius 2 is 2.29 bits per heavy atom. The second-order valence-electron chi connectivity index (χ2n) is 6.45. The summed E-state index contributed by atoms with van der Waals surface area (Å²) >= 11 is 0. The number of likely N-dealkylation sites (tertiary alicyclic amines) is 1. The number of aromatic nitrogens is 3. The van der Waals surface area contributed by atoms with Crippen LogP contribution in [0.15, 0.2) is 12.3 Å². The maximum absolute atomic E-state index is 4.45. The molecule has 6 heteroatoms. The Morgan fingerprint density at radius 1 is 1.38 bits per heavy atom. The molecule has 1 atom stereocenters. The van der Waals surface area contributed by atoms with Gasteiger partial charge in [0.2, 0.25) is 0 Å². The van der Waals surface area contributed by atoms with Gasteiger partial charge in [-0.3, -0.25) is 10.00 Å². The first kappa shape index (κ1) is 14.8. The van der Waals surface area contributed by atoms with Crippen LogP contribution in [0.1, 0.15) is 24.1 Å². The quantitative estimate of drug-likeness (QED) is 0.889. The second kappa shape index (κ2) is 5.55. The van der Waals surface area contributed by atoms with E-state index in [0.29, 0.717) is 5.41 Å². The van der Waals surface area contributed by atoms with Crippen LogP contribution in [0.3, 0.4) is 0 Å². The molecule has 0 aliphatic carbocycles. The highest BCUT2D eigenvalue weighted by Gasteiger charge is 2.40. The van der Waals surface area contributed by atoms with Gasteiger partial charge in [-0.05, 0) is 49.9 Å². The number of aromatic amines is 1. The van der Waals surface area contributed by atoms with Crippen molar-refractivity contribution in [2.75, 3.05) is 26.2 Å². The van der Waals surface area contributed by atoms with Gasteiger partial charge in [-0.15, -0.1) is 12.4 Å². The Kier molecular flexibility index (Phi) is 3.90. The molecule has 2 aliphatic heterocycles. The molecule has 5 nitrogen and oxygen atoms in total. The van der Waals surface area contributed by atoms with Crippen LogP contribution in [-0.2, 0) is 6.54 Å². The molecule has 114 valence electrons. The molecular formula is C15H22ClN5. The average Bonchev–Trinajstić information content (AvgIpc) is 3.15. The first-order valence-electron chi connectivity index (χ1n) is 7.47. The molecule has 2 fully saturated rings. The minimum absolute atomic E-state index is 0. The Bertz CT molecular complexity index is 632. The number of pyridine rings is 1. The summed E-state index contributed by atoms with van der Waals surface area (Å²) in [4.78, 5) is 7.03. The van der Waals surface area contributed by atoms with Crippen molar-refractivity contribution in [2.24, 2.45) is 5.41 Å². The van der Waals surface area contributed by atoms with Crippen LogP contribution in [0.2, 0.25) is 0 Å². The molecule has 21 heavy (non-hydrogen) atoms. The summed E-state index contributed by atoms with van der Waals surface area (Å²) in [5.41, 5.74) is 3.77. The zero-order chi connectivity index (χ0) is 13.6. The number of nitrogens with zero attached hydrogens (tertiary/aromatic N) is 3. The van der Waals surface area contributed by atoms with E-state index in [1.165, 1.54) is 44.6 Å². The molecule has 2 saturated heterocycles. The van der Waals surface area contributed by atoms with Crippen LogP contribution in [0.4, 0.5) is 0 Å². The number of hydrogen-bond donors (Lipinski definition) is 2. The maximum atomic E-state index is 4.45. The SMILES string of the molecule is Cc1[nH]nc2ncc(CN3CCC4(CCNC4)C3)cc12.Cl. The van der Waals surface area contributed by atoms with E-state index in [-0.39, 0.29) is 12.4 Å². The Balaban J connectivity index is 0.00000132. The van der Waals surface area contributed by atoms with Crippen molar-refractivity contribution in [2.45, 2.75) is 26.3 Å². The lowest BCUT2D eigenvalue weighted by Gasteiger charge is -2.22. The predicted molar refractivity (Wildman–Crippen MR) is 85.7 cm³/mol. The van der Waals surface area contributed by atoms with Gasteiger partial charge in [0.05, 0.1) is 0 Å². The van der Waals surface area contributed by atoms with E-state index >= 15 is 0 Å². The predicted octanol–water partition coefficient (Wildman–Crippen LogP) is 1.87. The van der Waals surface area contributed by atoms with Crippen molar-refractivity contribution < 1.29 is 0 Å². The lowest BCUT2D eigenvalue weighted by atomic mass is 9.87. The van der Waals surface area contributed by atoms with E-state index in [1.54, 1.807) is 0 Å². The summed E-state index contributed by atoms with van der Waals surface area (Å²) in [6, 6.07) is 2.24. The fourth-order valence-electron chi connectivity index (χ4n) is 3.71. The van der Waals surface area contributed by atoms with Gasteiger partial charge in [-0.2, -0.15) is 5.10 Å². The van der Waals surface area contributed by atoms with E-state index in [4.69, 9.17) is 0 Å². The van der Waals surface area contributed by atoms with Crippen molar-refractivity contribution in [1.82, 2.24) is 25.4 Å². The number of aryl methyl sites for hydroxylation is 1. The highest BCUT2D eigenvalue weighted by Crippen LogP contribution is 2.36. The van der Waals surface area contributed by atoms with E-state index in [2.05, 4.69) is 38.4 Å². The number of rotatable bonds is 2. The summed E-state index contributed by atoms with van der Waals surface area (Å²) in [6.45, 7) is 7.88. The molecular weight excluding hydrogens is 286 g/mol. The third-order valence-electron chi connectivity index (χ3n) is 4.91. The van der Waals surface area contributed by atoms with E-state index in [9.17, 15) is 0 Å². The minimum Gasteiger partial charge on any atom is -0.316 e. The molecule has 4 rings (SSSR count).